The SMILES string of the molecule is ClCCCc1nnc(-c2cscn2)o1. The van der Waals surface area contributed by atoms with E-state index in [2.05, 4.69) is 15.2 Å². The van der Waals surface area contributed by atoms with Gasteiger partial charge in [-0.2, -0.15) is 0 Å². The molecule has 0 aliphatic carbocycles. The van der Waals surface area contributed by atoms with E-state index < -0.39 is 0 Å². The molecule has 0 unspecified atom stereocenters. The van der Waals surface area contributed by atoms with Gasteiger partial charge in [-0.3, -0.25) is 0 Å². The Kier molecular flexibility index (Phi) is 3.10. The lowest BCUT2D eigenvalue weighted by Gasteiger charge is -1.88. The van der Waals surface area contributed by atoms with Crippen LogP contribution in [0.4, 0.5) is 0 Å². The standard InChI is InChI=1S/C8H8ClN3OS/c9-3-1-2-7-11-12-8(13-7)6-4-14-5-10-6/h4-5H,1-3H2. The highest BCUT2D eigenvalue weighted by molar-refractivity contribution is 7.07. The number of hydrogen-bond donors (Lipinski definition) is 0. The van der Waals surface area contributed by atoms with Gasteiger partial charge in [-0.05, 0) is 6.42 Å². The van der Waals surface area contributed by atoms with Crippen LogP contribution >= 0.6 is 22.9 Å². The van der Waals surface area contributed by atoms with Crippen LogP contribution in [0.3, 0.4) is 0 Å². The fourth-order valence-electron chi connectivity index (χ4n) is 0.994. The van der Waals surface area contributed by atoms with E-state index in [1.54, 1.807) is 5.51 Å². The van der Waals surface area contributed by atoms with Crippen molar-refractivity contribution in [3.63, 3.8) is 0 Å². The number of nitrogens with zero attached hydrogens (tertiary/aromatic N) is 3. The number of halogens is 1. The first-order valence-corrected chi connectivity index (χ1v) is 5.65. The van der Waals surface area contributed by atoms with E-state index in [-0.39, 0.29) is 0 Å². The molecular weight excluding hydrogens is 222 g/mol. The molecule has 2 aromatic rings. The fourth-order valence-corrected chi connectivity index (χ4v) is 1.65. The zero-order chi connectivity index (χ0) is 9.80. The Morgan fingerprint density at radius 2 is 2.36 bits per heavy atom. The van der Waals surface area contributed by atoms with E-state index in [0.717, 1.165) is 18.5 Å². The molecule has 0 spiro atoms. The molecule has 0 atom stereocenters. The minimum absolute atomic E-state index is 0.482. The van der Waals surface area contributed by atoms with Crippen LogP contribution < -0.4 is 0 Å². The van der Waals surface area contributed by atoms with Gasteiger partial charge in [0, 0.05) is 17.7 Å². The number of hydrogen-bond acceptors (Lipinski definition) is 5. The Labute approximate surface area is 89.9 Å². The van der Waals surface area contributed by atoms with E-state index >= 15 is 0 Å². The monoisotopic (exact) mass is 229 g/mol. The van der Waals surface area contributed by atoms with Crippen LogP contribution in [0.5, 0.6) is 0 Å². The molecule has 2 aromatic heterocycles. The minimum Gasteiger partial charge on any atom is -0.419 e. The maximum Gasteiger partial charge on any atom is 0.267 e. The summed E-state index contributed by atoms with van der Waals surface area (Å²) in [5.74, 6) is 1.71. The lowest BCUT2D eigenvalue weighted by Crippen LogP contribution is -1.85. The van der Waals surface area contributed by atoms with Crippen LogP contribution in [-0.2, 0) is 6.42 Å². The summed E-state index contributed by atoms with van der Waals surface area (Å²) in [6, 6.07) is 0. The van der Waals surface area contributed by atoms with Crippen molar-refractivity contribution in [1.29, 1.82) is 0 Å². The van der Waals surface area contributed by atoms with Gasteiger partial charge >= 0.3 is 0 Å². The third-order valence-electron chi connectivity index (χ3n) is 1.64. The normalized spacial score (nSPS) is 10.6. The molecule has 74 valence electrons. The summed E-state index contributed by atoms with van der Waals surface area (Å²) in [7, 11) is 0. The Morgan fingerprint density at radius 1 is 1.43 bits per heavy atom. The molecule has 0 radical (unpaired) electrons. The average Bonchev–Trinajstić information content (AvgIpc) is 2.85. The average molecular weight is 230 g/mol. The summed E-state index contributed by atoms with van der Waals surface area (Å²) < 4.78 is 5.39. The Balaban J connectivity index is 2.10. The van der Waals surface area contributed by atoms with E-state index in [0.29, 0.717) is 17.7 Å². The largest absolute Gasteiger partial charge is 0.419 e. The summed E-state index contributed by atoms with van der Waals surface area (Å²) in [5, 5.41) is 9.67. The Bertz CT molecular complexity index is 387. The molecular formula is C8H8ClN3OS. The van der Waals surface area contributed by atoms with Gasteiger partial charge in [0.25, 0.3) is 5.89 Å². The lowest BCUT2D eigenvalue weighted by atomic mass is 10.3. The number of alkyl halides is 1. The fraction of sp³-hybridized carbons (Fsp3) is 0.375. The summed E-state index contributed by atoms with van der Waals surface area (Å²) in [6.45, 7) is 0. The smallest absolute Gasteiger partial charge is 0.267 e. The van der Waals surface area contributed by atoms with Gasteiger partial charge in [-0.15, -0.1) is 33.1 Å². The molecule has 6 heteroatoms. The topological polar surface area (TPSA) is 51.8 Å². The van der Waals surface area contributed by atoms with Gasteiger partial charge < -0.3 is 4.42 Å². The number of thiazole rings is 1. The van der Waals surface area contributed by atoms with E-state index in [1.807, 2.05) is 5.38 Å². The molecule has 0 N–H and O–H groups in total. The van der Waals surface area contributed by atoms with Crippen LogP contribution in [-0.4, -0.2) is 21.1 Å². The van der Waals surface area contributed by atoms with Crippen molar-refractivity contribution in [3.05, 3.63) is 16.8 Å². The molecule has 0 aliphatic heterocycles. The van der Waals surface area contributed by atoms with Crippen LogP contribution in [0.2, 0.25) is 0 Å². The zero-order valence-corrected chi connectivity index (χ0v) is 8.88. The van der Waals surface area contributed by atoms with Crippen molar-refractivity contribution >= 4 is 22.9 Å². The van der Waals surface area contributed by atoms with Crippen LogP contribution in [0.1, 0.15) is 12.3 Å². The molecule has 0 fully saturated rings. The van der Waals surface area contributed by atoms with Crippen molar-refractivity contribution in [3.8, 4) is 11.6 Å². The van der Waals surface area contributed by atoms with Crippen molar-refractivity contribution in [2.24, 2.45) is 0 Å². The predicted octanol–water partition coefficient (Wildman–Crippen LogP) is 2.36. The summed E-state index contributed by atoms with van der Waals surface area (Å²) >= 11 is 7.06. The maximum absolute atomic E-state index is 5.56. The van der Waals surface area contributed by atoms with Crippen LogP contribution in [0, 0.1) is 0 Å². The second-order valence-electron chi connectivity index (χ2n) is 2.67. The highest BCUT2D eigenvalue weighted by atomic mass is 35.5. The first kappa shape index (κ1) is 9.61. The summed E-state index contributed by atoms with van der Waals surface area (Å²) in [5.41, 5.74) is 2.47. The first-order valence-electron chi connectivity index (χ1n) is 4.17. The predicted molar refractivity (Wildman–Crippen MR) is 54.4 cm³/mol. The second-order valence-corrected chi connectivity index (χ2v) is 3.76. The van der Waals surface area contributed by atoms with Gasteiger partial charge in [0.1, 0.15) is 5.69 Å². The van der Waals surface area contributed by atoms with Crippen molar-refractivity contribution in [2.45, 2.75) is 12.8 Å². The number of aryl methyl sites for hydroxylation is 1. The summed E-state index contributed by atoms with van der Waals surface area (Å²) in [6.07, 6.45) is 1.57. The van der Waals surface area contributed by atoms with E-state index in [9.17, 15) is 0 Å². The molecule has 0 aliphatic rings. The lowest BCUT2D eigenvalue weighted by molar-refractivity contribution is 0.501. The second kappa shape index (κ2) is 4.52. The number of aromatic nitrogens is 3. The van der Waals surface area contributed by atoms with Crippen LogP contribution in [0.15, 0.2) is 15.3 Å². The molecule has 2 heterocycles. The van der Waals surface area contributed by atoms with Crippen molar-refractivity contribution < 1.29 is 4.42 Å². The Morgan fingerprint density at radius 3 is 3.07 bits per heavy atom. The molecule has 4 nitrogen and oxygen atoms in total. The molecule has 14 heavy (non-hydrogen) atoms. The third-order valence-corrected chi connectivity index (χ3v) is 2.50. The highest BCUT2D eigenvalue weighted by Gasteiger charge is 2.09. The quantitative estimate of drug-likeness (QED) is 0.756. The van der Waals surface area contributed by atoms with Crippen LogP contribution in [0.25, 0.3) is 11.6 Å². The molecule has 0 aromatic carbocycles. The minimum atomic E-state index is 0.482. The van der Waals surface area contributed by atoms with Crippen molar-refractivity contribution in [1.82, 2.24) is 15.2 Å². The summed E-state index contributed by atoms with van der Waals surface area (Å²) in [4.78, 5) is 4.08. The van der Waals surface area contributed by atoms with E-state index in [4.69, 9.17) is 16.0 Å². The zero-order valence-electron chi connectivity index (χ0n) is 7.31. The molecule has 0 amide bonds. The molecule has 0 bridgehead atoms. The third kappa shape index (κ3) is 2.10. The first-order chi connectivity index (χ1) is 6.90. The molecule has 0 saturated carbocycles. The van der Waals surface area contributed by atoms with Gasteiger partial charge in [0.2, 0.25) is 5.89 Å². The van der Waals surface area contributed by atoms with Crippen molar-refractivity contribution in [2.75, 3.05) is 5.88 Å². The number of rotatable bonds is 4. The highest BCUT2D eigenvalue weighted by Crippen LogP contribution is 2.17. The molecule has 2 rings (SSSR count). The van der Waals surface area contributed by atoms with Gasteiger partial charge in [0.05, 0.1) is 5.51 Å². The van der Waals surface area contributed by atoms with E-state index in [1.165, 1.54) is 11.3 Å². The van der Waals surface area contributed by atoms with Gasteiger partial charge in [-0.25, -0.2) is 4.98 Å². The maximum atomic E-state index is 5.56. The Hall–Kier alpha value is -0.940. The van der Waals surface area contributed by atoms with Gasteiger partial charge in [0.15, 0.2) is 0 Å². The molecule has 0 saturated heterocycles. The van der Waals surface area contributed by atoms with Gasteiger partial charge in [-0.1, -0.05) is 0 Å².